The Bertz CT molecular complexity index is 1730. The van der Waals surface area contributed by atoms with Gasteiger partial charge in [-0.2, -0.15) is 0 Å². The van der Waals surface area contributed by atoms with Gasteiger partial charge in [0, 0.05) is 19.0 Å². The van der Waals surface area contributed by atoms with Gasteiger partial charge in [0.1, 0.15) is 24.2 Å². The van der Waals surface area contributed by atoms with Crippen LogP contribution < -0.4 is 14.4 Å². The molecule has 1 saturated carbocycles. The van der Waals surface area contributed by atoms with Crippen molar-refractivity contribution in [2.24, 2.45) is 0 Å². The molecule has 8 nitrogen and oxygen atoms in total. The molecule has 0 unspecified atom stereocenters. The van der Waals surface area contributed by atoms with E-state index in [1.165, 1.54) is 29.2 Å². The molecule has 2 amide bonds. The average molecular weight is 672 g/mol. The zero-order valence-electron chi connectivity index (χ0n) is 27.1. The number of carbonyl (C=O) groups excluding carboxylic acids is 2. The smallest absolute Gasteiger partial charge is 0.264 e. The van der Waals surface area contributed by atoms with Crippen LogP contribution in [0.2, 0.25) is 0 Å². The van der Waals surface area contributed by atoms with Gasteiger partial charge < -0.3 is 15.0 Å². The second-order valence-electron chi connectivity index (χ2n) is 11.9. The number of anilines is 1. The number of sulfonamides is 1. The Morgan fingerprint density at radius 3 is 2.08 bits per heavy atom. The molecule has 252 valence electrons. The number of nitrogens with one attached hydrogen (secondary N) is 1. The van der Waals surface area contributed by atoms with Gasteiger partial charge in [-0.15, -0.1) is 0 Å². The van der Waals surface area contributed by atoms with E-state index in [1.54, 1.807) is 54.6 Å². The van der Waals surface area contributed by atoms with Gasteiger partial charge >= 0.3 is 0 Å². The molecule has 0 heterocycles. The number of rotatable bonds is 14. The Labute approximate surface area is 282 Å². The largest absolute Gasteiger partial charge is 0.494 e. The van der Waals surface area contributed by atoms with Gasteiger partial charge in [0.15, 0.2) is 0 Å². The molecule has 1 aliphatic rings. The van der Waals surface area contributed by atoms with E-state index in [9.17, 15) is 22.4 Å². The third kappa shape index (κ3) is 9.01. The number of hydrogen-bond donors (Lipinski definition) is 1. The van der Waals surface area contributed by atoms with Crippen LogP contribution in [0.15, 0.2) is 114 Å². The van der Waals surface area contributed by atoms with Gasteiger partial charge in [0.05, 0.1) is 17.2 Å². The predicted molar refractivity (Wildman–Crippen MR) is 184 cm³/mol. The highest BCUT2D eigenvalue weighted by Gasteiger charge is 2.35. The van der Waals surface area contributed by atoms with Crippen molar-refractivity contribution in [2.45, 2.75) is 69.0 Å². The maximum Gasteiger partial charge on any atom is 0.264 e. The summed E-state index contributed by atoms with van der Waals surface area (Å²) < 4.78 is 48.9. The van der Waals surface area contributed by atoms with E-state index >= 15 is 0 Å². The lowest BCUT2D eigenvalue weighted by molar-refractivity contribution is -0.140. The highest BCUT2D eigenvalue weighted by atomic mass is 32.2. The molecule has 0 aliphatic heterocycles. The molecule has 0 radical (unpaired) electrons. The number of halogens is 1. The third-order valence-electron chi connectivity index (χ3n) is 8.53. The molecule has 48 heavy (non-hydrogen) atoms. The molecule has 1 aliphatic carbocycles. The molecular formula is C38H42FN3O5S. The average Bonchev–Trinajstić information content (AvgIpc) is 3.11. The summed E-state index contributed by atoms with van der Waals surface area (Å²) in [5.41, 5.74) is 1.72. The summed E-state index contributed by atoms with van der Waals surface area (Å²) in [5, 5.41) is 3.19. The van der Waals surface area contributed by atoms with Crippen LogP contribution >= 0.6 is 0 Å². The summed E-state index contributed by atoms with van der Waals surface area (Å²) in [4.78, 5) is 30.2. The van der Waals surface area contributed by atoms with E-state index < -0.39 is 34.3 Å². The minimum absolute atomic E-state index is 0.00823. The van der Waals surface area contributed by atoms with Crippen molar-refractivity contribution in [3.05, 3.63) is 126 Å². The summed E-state index contributed by atoms with van der Waals surface area (Å²) in [6.45, 7) is 1.68. The van der Waals surface area contributed by atoms with E-state index in [-0.39, 0.29) is 35.5 Å². The van der Waals surface area contributed by atoms with Crippen molar-refractivity contribution in [3.8, 4) is 5.75 Å². The molecule has 10 heteroatoms. The fourth-order valence-electron chi connectivity index (χ4n) is 6.01. The van der Waals surface area contributed by atoms with E-state index in [1.807, 2.05) is 37.3 Å². The summed E-state index contributed by atoms with van der Waals surface area (Å²) >= 11 is 0. The number of amides is 2. The molecule has 0 spiro atoms. The lowest BCUT2D eigenvalue weighted by Crippen LogP contribution is -2.55. The van der Waals surface area contributed by atoms with Crippen LogP contribution in [0.25, 0.3) is 0 Å². The second-order valence-corrected chi connectivity index (χ2v) is 13.8. The molecule has 0 saturated heterocycles. The quantitative estimate of drug-likeness (QED) is 0.165. The van der Waals surface area contributed by atoms with Crippen LogP contribution in [0.5, 0.6) is 5.75 Å². The molecule has 1 atom stereocenters. The van der Waals surface area contributed by atoms with Gasteiger partial charge in [0.25, 0.3) is 10.0 Å². The standard InChI is InChI=1S/C38H42FN3O5S/c1-2-47-34-24-22-33(23-25-34)42(48(45,46)35-16-10-5-11-17-35)28-37(43)41(27-30-18-20-31(39)21-19-30)36(26-29-12-6-3-7-13-29)38(44)40-32-14-8-4-9-15-32/h3,5-7,10-13,16-25,32,36H,2,4,8-9,14-15,26-28H2,1H3,(H,40,44)/t36-/m0/s1. The Kier molecular flexibility index (Phi) is 11.8. The van der Waals surface area contributed by atoms with Crippen molar-refractivity contribution in [1.82, 2.24) is 10.2 Å². The summed E-state index contributed by atoms with van der Waals surface area (Å²) in [6, 6.07) is 28.6. The highest BCUT2D eigenvalue weighted by Crippen LogP contribution is 2.27. The van der Waals surface area contributed by atoms with Crippen molar-refractivity contribution in [3.63, 3.8) is 0 Å². The van der Waals surface area contributed by atoms with Crippen LogP contribution in [0.1, 0.15) is 50.2 Å². The number of carbonyl (C=O) groups is 2. The van der Waals surface area contributed by atoms with Crippen molar-refractivity contribution >= 4 is 27.5 Å². The molecule has 5 rings (SSSR count). The summed E-state index contributed by atoms with van der Waals surface area (Å²) in [7, 11) is -4.22. The molecule has 1 N–H and O–H groups in total. The molecular weight excluding hydrogens is 629 g/mol. The van der Waals surface area contributed by atoms with E-state index in [2.05, 4.69) is 5.32 Å². The zero-order chi connectivity index (χ0) is 33.9. The number of hydrogen-bond acceptors (Lipinski definition) is 5. The van der Waals surface area contributed by atoms with E-state index in [0.29, 0.717) is 17.9 Å². The molecule has 4 aromatic rings. The first-order valence-corrected chi connectivity index (χ1v) is 17.9. The van der Waals surface area contributed by atoms with Crippen LogP contribution in [0, 0.1) is 5.82 Å². The maximum atomic E-state index is 14.6. The minimum atomic E-state index is -4.22. The molecule has 0 aromatic heterocycles. The third-order valence-corrected chi connectivity index (χ3v) is 10.3. The zero-order valence-corrected chi connectivity index (χ0v) is 27.9. The fraction of sp³-hybridized carbons (Fsp3) is 0.316. The van der Waals surface area contributed by atoms with E-state index in [0.717, 1.165) is 42.0 Å². The van der Waals surface area contributed by atoms with Gasteiger partial charge in [-0.3, -0.25) is 13.9 Å². The lowest BCUT2D eigenvalue weighted by atomic mass is 9.94. The number of benzene rings is 4. The first-order valence-electron chi connectivity index (χ1n) is 16.4. The van der Waals surface area contributed by atoms with Gasteiger partial charge in [0.2, 0.25) is 11.8 Å². The van der Waals surface area contributed by atoms with Crippen LogP contribution in [-0.2, 0) is 32.6 Å². The normalized spacial score (nSPS) is 14.1. The Balaban J connectivity index is 1.55. The molecule has 1 fully saturated rings. The SMILES string of the molecule is CCOc1ccc(N(CC(=O)N(Cc2ccc(F)cc2)[C@@H](Cc2ccccc2)C(=O)NC2CCCCC2)S(=O)(=O)c2ccccc2)cc1. The van der Waals surface area contributed by atoms with E-state index in [4.69, 9.17) is 4.74 Å². The first-order chi connectivity index (χ1) is 23.2. The second kappa shape index (κ2) is 16.4. The minimum Gasteiger partial charge on any atom is -0.494 e. The number of ether oxygens (including phenoxy) is 1. The van der Waals surface area contributed by atoms with Gasteiger partial charge in [-0.05, 0) is 79.4 Å². The van der Waals surface area contributed by atoms with Crippen molar-refractivity contribution < 1.29 is 27.1 Å². The van der Waals surface area contributed by atoms with Crippen LogP contribution in [-0.4, -0.2) is 50.4 Å². The number of nitrogens with zero attached hydrogens (tertiary/aromatic N) is 2. The van der Waals surface area contributed by atoms with Gasteiger partial charge in [-0.1, -0.05) is 79.9 Å². The predicted octanol–water partition coefficient (Wildman–Crippen LogP) is 6.51. The summed E-state index contributed by atoms with van der Waals surface area (Å²) in [6.07, 6.45) is 5.07. The van der Waals surface area contributed by atoms with Crippen LogP contribution in [0.4, 0.5) is 10.1 Å². The lowest BCUT2D eigenvalue weighted by Gasteiger charge is -2.35. The Morgan fingerprint density at radius 2 is 1.46 bits per heavy atom. The highest BCUT2D eigenvalue weighted by molar-refractivity contribution is 7.92. The maximum absolute atomic E-state index is 14.6. The Morgan fingerprint density at radius 1 is 0.833 bits per heavy atom. The molecule has 0 bridgehead atoms. The van der Waals surface area contributed by atoms with Crippen LogP contribution in [0.3, 0.4) is 0 Å². The van der Waals surface area contributed by atoms with Crippen molar-refractivity contribution in [2.75, 3.05) is 17.5 Å². The first kappa shape index (κ1) is 34.6. The monoisotopic (exact) mass is 671 g/mol. The van der Waals surface area contributed by atoms with Gasteiger partial charge in [-0.25, -0.2) is 12.8 Å². The molecule has 4 aromatic carbocycles. The summed E-state index contributed by atoms with van der Waals surface area (Å²) in [5.74, 6) is -0.750. The fourth-order valence-corrected chi connectivity index (χ4v) is 7.44. The topological polar surface area (TPSA) is 96.0 Å². The van der Waals surface area contributed by atoms with Crippen molar-refractivity contribution in [1.29, 1.82) is 0 Å². The Hall–Kier alpha value is -4.70.